The van der Waals surface area contributed by atoms with Gasteiger partial charge in [0.1, 0.15) is 11.9 Å². The van der Waals surface area contributed by atoms with E-state index in [0.29, 0.717) is 35.4 Å². The van der Waals surface area contributed by atoms with Crippen molar-refractivity contribution in [3.63, 3.8) is 0 Å². The number of methoxy groups -OCH3 is 1. The molecular formula is C29H31F3N6O5S. The van der Waals surface area contributed by atoms with Crippen LogP contribution in [0.5, 0.6) is 5.75 Å². The van der Waals surface area contributed by atoms with Crippen LogP contribution in [0.4, 0.5) is 30.5 Å². The lowest BCUT2D eigenvalue weighted by Gasteiger charge is -2.40. The van der Waals surface area contributed by atoms with E-state index in [0.717, 1.165) is 22.5 Å². The molecule has 5 rings (SSSR count). The number of nitrogens with zero attached hydrogens (tertiary/aromatic N) is 5. The van der Waals surface area contributed by atoms with Crippen molar-refractivity contribution in [1.82, 2.24) is 19.5 Å². The van der Waals surface area contributed by atoms with Crippen LogP contribution in [0.25, 0.3) is 16.8 Å². The standard InChI is InChI=1S/C29H31F3N6O5S/c1-18(39)26(43-27(40)29(30,31)32)37-14-12-36(13-15-37)19-8-10-22(24(16-19)42-2)34-28-33-17-20-9-11-23(38(20)35-28)21-6-4-5-7-25(21)44(3)41/h4-11,16-18,26,39H,12-15H2,1-3H3,(H,34,35)/t18-,26?,44?/m0/s1. The minimum absolute atomic E-state index is 0.255. The van der Waals surface area contributed by atoms with Gasteiger partial charge in [-0.1, -0.05) is 18.2 Å². The average Bonchev–Trinajstić information content (AvgIpc) is 3.42. The van der Waals surface area contributed by atoms with Crippen molar-refractivity contribution in [1.29, 1.82) is 0 Å². The first-order chi connectivity index (χ1) is 21.0. The Bertz CT molecular complexity index is 1670. The molecule has 1 fully saturated rings. The molecule has 0 bridgehead atoms. The van der Waals surface area contributed by atoms with Crippen molar-refractivity contribution < 1.29 is 36.8 Å². The molecule has 1 saturated heterocycles. The Morgan fingerprint density at radius 2 is 1.82 bits per heavy atom. The number of halogens is 3. The number of nitrogens with one attached hydrogen (secondary N) is 1. The number of ether oxygens (including phenoxy) is 2. The lowest BCUT2D eigenvalue weighted by atomic mass is 10.1. The zero-order chi connectivity index (χ0) is 31.6. The average molecular weight is 633 g/mol. The molecule has 1 aliphatic rings. The fraction of sp³-hybridized carbons (Fsp3) is 0.345. The maximum absolute atomic E-state index is 12.7. The first kappa shape index (κ1) is 31.2. The lowest BCUT2D eigenvalue weighted by Crippen LogP contribution is -2.55. The number of esters is 1. The van der Waals surface area contributed by atoms with Crippen molar-refractivity contribution >= 4 is 39.6 Å². The van der Waals surface area contributed by atoms with Crippen LogP contribution >= 0.6 is 0 Å². The monoisotopic (exact) mass is 632 g/mol. The second-order valence-electron chi connectivity index (χ2n) is 10.2. The molecule has 0 spiro atoms. The van der Waals surface area contributed by atoms with E-state index in [2.05, 4.69) is 20.1 Å². The summed E-state index contributed by atoms with van der Waals surface area (Å²) in [4.78, 5) is 20.0. The Hall–Kier alpha value is -4.21. The van der Waals surface area contributed by atoms with E-state index in [4.69, 9.17) is 4.74 Å². The van der Waals surface area contributed by atoms with Crippen molar-refractivity contribution in [2.45, 2.75) is 30.3 Å². The molecule has 234 valence electrons. The molecule has 0 aliphatic carbocycles. The number of hydrogen-bond donors (Lipinski definition) is 2. The van der Waals surface area contributed by atoms with E-state index in [9.17, 15) is 27.3 Å². The highest BCUT2D eigenvalue weighted by Gasteiger charge is 2.44. The topological polar surface area (TPSA) is 122 Å². The summed E-state index contributed by atoms with van der Waals surface area (Å²) in [6.07, 6.45) is -4.56. The molecule has 0 amide bonds. The van der Waals surface area contributed by atoms with Crippen LogP contribution in [0.1, 0.15) is 6.92 Å². The van der Waals surface area contributed by atoms with Gasteiger partial charge in [-0.3, -0.25) is 9.11 Å². The molecule has 15 heteroatoms. The Kier molecular flexibility index (Phi) is 9.08. The van der Waals surface area contributed by atoms with E-state index in [-0.39, 0.29) is 13.1 Å². The van der Waals surface area contributed by atoms with Gasteiger partial charge in [0.15, 0.2) is 6.23 Å². The zero-order valence-electron chi connectivity index (χ0n) is 24.1. The van der Waals surface area contributed by atoms with Crippen molar-refractivity contribution in [3.8, 4) is 17.0 Å². The molecule has 3 atom stereocenters. The van der Waals surface area contributed by atoms with E-state index < -0.39 is 35.3 Å². The van der Waals surface area contributed by atoms with E-state index in [1.165, 1.54) is 18.9 Å². The number of aliphatic hydroxyl groups is 1. The zero-order valence-corrected chi connectivity index (χ0v) is 24.9. The van der Waals surface area contributed by atoms with Gasteiger partial charge in [-0.2, -0.15) is 13.2 Å². The number of aromatic nitrogens is 3. The van der Waals surface area contributed by atoms with Crippen molar-refractivity contribution in [2.75, 3.05) is 49.8 Å². The molecular weight excluding hydrogens is 601 g/mol. The minimum atomic E-state index is -5.15. The smallest absolute Gasteiger partial charge is 0.490 e. The molecule has 0 radical (unpaired) electrons. The quantitative estimate of drug-likeness (QED) is 0.264. The Labute approximate surface area is 253 Å². The Balaban J connectivity index is 1.31. The maximum atomic E-state index is 12.7. The van der Waals surface area contributed by atoms with Gasteiger partial charge < -0.3 is 24.8 Å². The molecule has 44 heavy (non-hydrogen) atoms. The van der Waals surface area contributed by atoms with E-state index >= 15 is 0 Å². The first-order valence-corrected chi connectivity index (χ1v) is 15.2. The summed E-state index contributed by atoms with van der Waals surface area (Å²) in [5.41, 5.74) is 3.74. The van der Waals surface area contributed by atoms with E-state index in [1.54, 1.807) is 17.0 Å². The summed E-state index contributed by atoms with van der Waals surface area (Å²) in [6, 6.07) is 16.7. The molecule has 11 nitrogen and oxygen atoms in total. The van der Waals surface area contributed by atoms with Gasteiger partial charge in [0, 0.05) is 54.6 Å². The van der Waals surface area contributed by atoms with Crippen LogP contribution in [-0.2, 0) is 20.3 Å². The number of anilines is 3. The van der Waals surface area contributed by atoms with Crippen LogP contribution in [0.15, 0.2) is 65.7 Å². The third kappa shape index (κ3) is 6.64. The summed E-state index contributed by atoms with van der Waals surface area (Å²) in [6.45, 7) is 2.60. The van der Waals surface area contributed by atoms with Crippen molar-refractivity contribution in [2.24, 2.45) is 0 Å². The van der Waals surface area contributed by atoms with Gasteiger partial charge in [0.25, 0.3) is 0 Å². The van der Waals surface area contributed by atoms with Crippen LogP contribution in [0.3, 0.4) is 0 Å². The number of aliphatic hydroxyl groups excluding tert-OH is 1. The van der Waals surface area contributed by atoms with Gasteiger partial charge in [0.05, 0.1) is 41.0 Å². The first-order valence-electron chi connectivity index (χ1n) is 13.6. The van der Waals surface area contributed by atoms with Gasteiger partial charge in [-0.25, -0.2) is 14.3 Å². The number of alkyl halides is 3. The molecule has 1 aliphatic heterocycles. The Morgan fingerprint density at radius 1 is 1.09 bits per heavy atom. The van der Waals surface area contributed by atoms with Crippen LogP contribution in [-0.4, -0.2) is 92.8 Å². The summed E-state index contributed by atoms with van der Waals surface area (Å²) in [5.74, 6) is -1.52. The Morgan fingerprint density at radius 3 is 2.48 bits per heavy atom. The summed E-state index contributed by atoms with van der Waals surface area (Å²) in [7, 11) is 0.334. The summed E-state index contributed by atoms with van der Waals surface area (Å²) in [5, 5.41) is 17.8. The van der Waals surface area contributed by atoms with Crippen LogP contribution < -0.4 is 15.0 Å². The number of hydrogen-bond acceptors (Lipinski definition) is 10. The molecule has 2 N–H and O–H groups in total. The fourth-order valence-corrected chi connectivity index (χ4v) is 5.83. The maximum Gasteiger partial charge on any atom is 0.490 e. The fourth-order valence-electron chi connectivity index (χ4n) is 5.08. The second kappa shape index (κ2) is 12.8. The van der Waals surface area contributed by atoms with Crippen LogP contribution in [0, 0.1) is 0 Å². The number of carbonyl (C=O) groups is 1. The number of fused-ring (bicyclic) bond motifs is 1. The van der Waals surface area contributed by atoms with Crippen LogP contribution in [0.2, 0.25) is 0 Å². The molecule has 2 aromatic heterocycles. The SMILES string of the molecule is COc1cc(N2CCN(C(OC(=O)C(F)(F)F)[C@H](C)O)CC2)ccc1Nc1ncc2ccc(-c3ccccc3S(C)=O)n2n1. The molecule has 3 heterocycles. The highest BCUT2D eigenvalue weighted by atomic mass is 32.2. The van der Waals surface area contributed by atoms with Crippen molar-refractivity contribution in [3.05, 3.63) is 60.8 Å². The normalized spacial score (nSPS) is 16.4. The third-order valence-corrected chi connectivity index (χ3v) is 8.19. The van der Waals surface area contributed by atoms with Gasteiger partial charge >= 0.3 is 12.1 Å². The van der Waals surface area contributed by atoms with Gasteiger partial charge in [-0.05, 0) is 37.3 Å². The predicted molar refractivity (Wildman–Crippen MR) is 158 cm³/mol. The number of rotatable bonds is 9. The molecule has 2 unspecified atom stereocenters. The second-order valence-corrected chi connectivity index (χ2v) is 11.5. The summed E-state index contributed by atoms with van der Waals surface area (Å²) >= 11 is 0. The summed E-state index contributed by atoms with van der Waals surface area (Å²) < 4.78 is 62.5. The lowest BCUT2D eigenvalue weighted by molar-refractivity contribution is -0.220. The third-order valence-electron chi connectivity index (χ3n) is 7.21. The predicted octanol–water partition coefficient (Wildman–Crippen LogP) is 3.82. The number of benzene rings is 2. The largest absolute Gasteiger partial charge is 0.494 e. The highest BCUT2D eigenvalue weighted by molar-refractivity contribution is 7.84. The molecule has 0 saturated carbocycles. The van der Waals surface area contributed by atoms with Gasteiger partial charge in [-0.15, -0.1) is 5.10 Å². The molecule has 2 aromatic carbocycles. The minimum Gasteiger partial charge on any atom is -0.494 e. The van der Waals surface area contributed by atoms with Gasteiger partial charge in [0.2, 0.25) is 5.95 Å². The highest BCUT2D eigenvalue weighted by Crippen LogP contribution is 2.33. The number of carbonyl (C=O) groups excluding carboxylic acids is 1. The van der Waals surface area contributed by atoms with E-state index in [1.807, 2.05) is 59.5 Å². The number of piperazine rings is 1. The molecule has 4 aromatic rings.